The quantitative estimate of drug-likeness (QED) is 0.373. The van der Waals surface area contributed by atoms with Crippen molar-refractivity contribution in [3.8, 4) is 11.5 Å². The molecule has 3 aromatic carbocycles. The van der Waals surface area contributed by atoms with Crippen molar-refractivity contribution in [3.05, 3.63) is 86.6 Å². The van der Waals surface area contributed by atoms with Crippen LogP contribution in [0.1, 0.15) is 23.6 Å². The van der Waals surface area contributed by atoms with Crippen LogP contribution in [0.5, 0.6) is 11.5 Å². The van der Waals surface area contributed by atoms with Gasteiger partial charge in [-0.3, -0.25) is 0 Å². The van der Waals surface area contributed by atoms with Gasteiger partial charge in [0.1, 0.15) is 12.4 Å². The molecule has 0 aliphatic carbocycles. The van der Waals surface area contributed by atoms with Crippen molar-refractivity contribution in [1.29, 1.82) is 0 Å². The van der Waals surface area contributed by atoms with Crippen molar-refractivity contribution in [2.45, 2.75) is 27.0 Å². The molecule has 0 heterocycles. The molecule has 3 aromatic rings. The summed E-state index contributed by atoms with van der Waals surface area (Å²) in [6.45, 7) is 5.14. The Morgan fingerprint density at radius 3 is 2.62 bits per heavy atom. The normalized spacial score (nSPS) is 10.7. The first-order valence-corrected chi connectivity index (χ1v) is 10.5. The Kier molecular flexibility index (Phi) is 7.40. The zero-order valence-corrected chi connectivity index (χ0v) is 18.6. The molecule has 1 N–H and O–H groups in total. The van der Waals surface area contributed by atoms with Gasteiger partial charge >= 0.3 is 0 Å². The van der Waals surface area contributed by atoms with Crippen molar-refractivity contribution < 1.29 is 13.9 Å². The average Bonchev–Trinajstić information content (AvgIpc) is 2.69. The molecule has 0 aliphatic heterocycles. The summed E-state index contributed by atoms with van der Waals surface area (Å²) in [6, 6.07) is 16.2. The molecule has 3 rings (SSSR count). The number of rotatable bonds is 8. The maximum atomic E-state index is 13.9. The third-order valence-corrected chi connectivity index (χ3v) is 5.21. The van der Waals surface area contributed by atoms with Gasteiger partial charge in [0, 0.05) is 22.8 Å². The van der Waals surface area contributed by atoms with Crippen molar-refractivity contribution in [2.24, 2.45) is 0 Å². The first kappa shape index (κ1) is 21.5. The molecule has 29 heavy (non-hydrogen) atoms. The molecule has 6 heteroatoms. The van der Waals surface area contributed by atoms with Gasteiger partial charge in [0.25, 0.3) is 0 Å². The topological polar surface area (TPSA) is 30.5 Å². The van der Waals surface area contributed by atoms with Crippen LogP contribution in [0.3, 0.4) is 0 Å². The molecule has 0 bridgehead atoms. The van der Waals surface area contributed by atoms with Crippen LogP contribution in [0.2, 0.25) is 5.02 Å². The lowest BCUT2D eigenvalue weighted by Gasteiger charge is -2.17. The zero-order valence-electron chi connectivity index (χ0n) is 16.3. The molecule has 0 spiro atoms. The Hall–Kier alpha value is -2.24. The van der Waals surface area contributed by atoms with Gasteiger partial charge in [-0.1, -0.05) is 35.9 Å². The van der Waals surface area contributed by atoms with Crippen LogP contribution in [0.15, 0.2) is 59.1 Å². The van der Waals surface area contributed by atoms with Gasteiger partial charge < -0.3 is 14.8 Å². The Morgan fingerprint density at radius 1 is 1.07 bits per heavy atom. The number of hydrogen-bond donors (Lipinski definition) is 1. The van der Waals surface area contributed by atoms with E-state index in [9.17, 15) is 4.39 Å². The van der Waals surface area contributed by atoms with Gasteiger partial charge in [-0.2, -0.15) is 0 Å². The van der Waals surface area contributed by atoms with Gasteiger partial charge in [-0.15, -0.1) is 0 Å². The Morgan fingerprint density at radius 2 is 1.86 bits per heavy atom. The first-order chi connectivity index (χ1) is 14.0. The standard InChI is InChI=1S/C23H22BrClFNO2/c1-3-28-22-11-16(13-27-21-12-18(25)9-8-15(21)2)10-19(24)23(22)29-14-17-6-4-5-7-20(17)26/h4-12,27H,3,13-14H2,1-2H3. The van der Waals surface area contributed by atoms with E-state index in [2.05, 4.69) is 21.2 Å². The summed E-state index contributed by atoms with van der Waals surface area (Å²) in [5, 5.41) is 4.09. The molecule has 0 amide bonds. The van der Waals surface area contributed by atoms with Gasteiger partial charge in [-0.05, 0) is 71.2 Å². The lowest BCUT2D eigenvalue weighted by atomic mass is 10.1. The molecule has 0 saturated heterocycles. The predicted molar refractivity (Wildman–Crippen MR) is 120 cm³/mol. The minimum Gasteiger partial charge on any atom is -0.490 e. The predicted octanol–water partition coefficient (Wildman–Crippen LogP) is 7.14. The minimum absolute atomic E-state index is 0.116. The van der Waals surface area contributed by atoms with Crippen LogP contribution >= 0.6 is 27.5 Å². The fraction of sp³-hybridized carbons (Fsp3) is 0.217. The minimum atomic E-state index is -0.292. The summed E-state index contributed by atoms with van der Waals surface area (Å²) in [5.41, 5.74) is 3.59. The number of anilines is 1. The summed E-state index contributed by atoms with van der Waals surface area (Å²) >= 11 is 9.66. The highest BCUT2D eigenvalue weighted by Crippen LogP contribution is 2.38. The number of ether oxygens (including phenoxy) is 2. The van der Waals surface area contributed by atoms with Crippen LogP contribution < -0.4 is 14.8 Å². The molecule has 0 aromatic heterocycles. The van der Waals surface area contributed by atoms with Gasteiger partial charge in [0.15, 0.2) is 11.5 Å². The monoisotopic (exact) mass is 477 g/mol. The Balaban J connectivity index is 1.78. The van der Waals surface area contributed by atoms with E-state index < -0.39 is 0 Å². The highest BCUT2D eigenvalue weighted by molar-refractivity contribution is 9.10. The smallest absolute Gasteiger partial charge is 0.175 e. The van der Waals surface area contributed by atoms with Gasteiger partial charge in [-0.25, -0.2) is 4.39 Å². The molecule has 0 atom stereocenters. The molecule has 0 radical (unpaired) electrons. The van der Waals surface area contributed by atoms with Crippen LogP contribution in [0.25, 0.3) is 0 Å². The maximum Gasteiger partial charge on any atom is 0.175 e. The van der Waals surface area contributed by atoms with E-state index in [1.807, 2.05) is 44.2 Å². The Labute approximate surface area is 183 Å². The number of benzene rings is 3. The van der Waals surface area contributed by atoms with E-state index in [-0.39, 0.29) is 12.4 Å². The number of nitrogens with one attached hydrogen (secondary N) is 1. The van der Waals surface area contributed by atoms with Gasteiger partial charge in [0.05, 0.1) is 11.1 Å². The van der Waals surface area contributed by atoms with E-state index in [1.165, 1.54) is 6.07 Å². The molecule has 152 valence electrons. The van der Waals surface area contributed by atoms with Crippen LogP contribution in [-0.4, -0.2) is 6.61 Å². The van der Waals surface area contributed by atoms with E-state index in [1.54, 1.807) is 18.2 Å². The average molecular weight is 479 g/mol. The molecule has 0 unspecified atom stereocenters. The summed E-state index contributed by atoms with van der Waals surface area (Å²) in [5.74, 6) is 0.870. The summed E-state index contributed by atoms with van der Waals surface area (Å²) in [6.07, 6.45) is 0. The van der Waals surface area contributed by atoms with Crippen molar-refractivity contribution in [1.82, 2.24) is 0 Å². The van der Waals surface area contributed by atoms with Crippen molar-refractivity contribution in [2.75, 3.05) is 11.9 Å². The second-order valence-electron chi connectivity index (χ2n) is 6.53. The number of aryl methyl sites for hydroxylation is 1. The Bertz CT molecular complexity index is 997. The third-order valence-electron chi connectivity index (χ3n) is 4.38. The fourth-order valence-corrected chi connectivity index (χ4v) is 3.65. The van der Waals surface area contributed by atoms with E-state index in [0.717, 1.165) is 21.3 Å². The van der Waals surface area contributed by atoms with Crippen LogP contribution in [-0.2, 0) is 13.2 Å². The zero-order chi connectivity index (χ0) is 20.8. The van der Waals surface area contributed by atoms with E-state index in [0.29, 0.717) is 35.2 Å². The summed E-state index contributed by atoms with van der Waals surface area (Å²) < 4.78 is 26.3. The van der Waals surface area contributed by atoms with E-state index >= 15 is 0 Å². The second-order valence-corrected chi connectivity index (χ2v) is 7.82. The SMILES string of the molecule is CCOc1cc(CNc2cc(Cl)ccc2C)cc(Br)c1OCc1ccccc1F. The molecule has 3 nitrogen and oxygen atoms in total. The van der Waals surface area contributed by atoms with E-state index in [4.69, 9.17) is 21.1 Å². The fourth-order valence-electron chi connectivity index (χ4n) is 2.87. The largest absolute Gasteiger partial charge is 0.490 e. The van der Waals surface area contributed by atoms with Crippen LogP contribution in [0.4, 0.5) is 10.1 Å². The number of hydrogen-bond acceptors (Lipinski definition) is 3. The molecule has 0 saturated carbocycles. The highest BCUT2D eigenvalue weighted by Gasteiger charge is 2.14. The third kappa shape index (κ3) is 5.64. The van der Waals surface area contributed by atoms with Crippen molar-refractivity contribution in [3.63, 3.8) is 0 Å². The molecule has 0 fully saturated rings. The lowest BCUT2D eigenvalue weighted by molar-refractivity contribution is 0.264. The molecule has 0 aliphatic rings. The summed E-state index contributed by atoms with van der Waals surface area (Å²) in [4.78, 5) is 0. The second kappa shape index (κ2) is 9.99. The molecular formula is C23H22BrClFNO2. The molecular weight excluding hydrogens is 457 g/mol. The first-order valence-electron chi connectivity index (χ1n) is 9.29. The maximum absolute atomic E-state index is 13.9. The highest BCUT2D eigenvalue weighted by atomic mass is 79.9. The summed E-state index contributed by atoms with van der Waals surface area (Å²) in [7, 11) is 0. The van der Waals surface area contributed by atoms with Gasteiger partial charge in [0.2, 0.25) is 0 Å². The number of halogens is 3. The van der Waals surface area contributed by atoms with Crippen LogP contribution in [0, 0.1) is 12.7 Å². The lowest BCUT2D eigenvalue weighted by Crippen LogP contribution is -2.05. The van der Waals surface area contributed by atoms with Crippen molar-refractivity contribution >= 4 is 33.2 Å².